The maximum atomic E-state index is 12.7. The number of hydrogen-bond acceptors (Lipinski definition) is 4. The molecule has 2 rings (SSSR count). The molecule has 8 nitrogen and oxygen atoms in total. The highest BCUT2D eigenvalue weighted by atomic mass is 16.5. The number of urea groups is 1. The number of H-pyrrole nitrogens is 1. The number of benzene rings is 1. The average molecular weight is 374 g/mol. The van der Waals surface area contributed by atoms with Gasteiger partial charge in [0.1, 0.15) is 11.3 Å². The van der Waals surface area contributed by atoms with E-state index in [1.54, 1.807) is 48.8 Å². The van der Waals surface area contributed by atoms with Gasteiger partial charge in [-0.1, -0.05) is 12.1 Å². The maximum absolute atomic E-state index is 12.7. The van der Waals surface area contributed by atoms with Gasteiger partial charge in [-0.15, -0.1) is 0 Å². The van der Waals surface area contributed by atoms with E-state index in [2.05, 4.69) is 15.3 Å². The third kappa shape index (κ3) is 5.47. The standard InChI is InChI=1S/C19H26N4O4/c1-4-23(10-9-15-12-20-13-21-15)18(26)22-19(2,17(24)25)11-14-5-7-16(27-3)8-6-14/h5-8,12-13H,4,9-11H2,1-3H3,(H,20,21)(H,22,26)(H,24,25)/t19-/m0/s1. The summed E-state index contributed by atoms with van der Waals surface area (Å²) >= 11 is 0. The molecule has 0 aliphatic carbocycles. The molecule has 0 saturated carbocycles. The fourth-order valence-corrected chi connectivity index (χ4v) is 2.72. The number of amides is 2. The Kier molecular flexibility index (Phi) is 6.81. The molecule has 2 amide bonds. The van der Waals surface area contributed by atoms with Crippen LogP contribution in [0.2, 0.25) is 0 Å². The highest BCUT2D eigenvalue weighted by Crippen LogP contribution is 2.18. The molecule has 1 aromatic carbocycles. The van der Waals surface area contributed by atoms with Crippen LogP contribution in [0.4, 0.5) is 4.79 Å². The summed E-state index contributed by atoms with van der Waals surface area (Å²) in [5.41, 5.74) is 0.287. The number of aliphatic carboxylic acids is 1. The summed E-state index contributed by atoms with van der Waals surface area (Å²) in [6, 6.07) is 6.71. The monoisotopic (exact) mass is 374 g/mol. The van der Waals surface area contributed by atoms with Gasteiger partial charge >= 0.3 is 12.0 Å². The number of rotatable bonds is 9. The topological polar surface area (TPSA) is 108 Å². The van der Waals surface area contributed by atoms with Gasteiger partial charge in [0.15, 0.2) is 0 Å². The number of hydrogen-bond donors (Lipinski definition) is 3. The van der Waals surface area contributed by atoms with Crippen LogP contribution in [0.25, 0.3) is 0 Å². The molecule has 0 spiro atoms. The highest BCUT2D eigenvalue weighted by molar-refractivity contribution is 5.86. The molecule has 0 saturated heterocycles. The van der Waals surface area contributed by atoms with Gasteiger partial charge in [0.05, 0.1) is 13.4 Å². The quantitative estimate of drug-likeness (QED) is 0.623. The van der Waals surface area contributed by atoms with Gasteiger partial charge in [0, 0.05) is 37.8 Å². The lowest BCUT2D eigenvalue weighted by Crippen LogP contribution is -2.57. The first-order valence-corrected chi connectivity index (χ1v) is 8.78. The Morgan fingerprint density at radius 3 is 2.56 bits per heavy atom. The summed E-state index contributed by atoms with van der Waals surface area (Å²) in [5.74, 6) is -0.396. The van der Waals surface area contributed by atoms with E-state index in [9.17, 15) is 14.7 Å². The molecule has 0 unspecified atom stereocenters. The van der Waals surface area contributed by atoms with Gasteiger partial charge in [-0.3, -0.25) is 0 Å². The van der Waals surface area contributed by atoms with E-state index < -0.39 is 17.5 Å². The van der Waals surface area contributed by atoms with Crippen LogP contribution in [-0.2, 0) is 17.6 Å². The first-order valence-electron chi connectivity index (χ1n) is 8.78. The van der Waals surface area contributed by atoms with Gasteiger partial charge in [-0.05, 0) is 31.5 Å². The van der Waals surface area contributed by atoms with E-state index in [1.807, 2.05) is 6.92 Å². The highest BCUT2D eigenvalue weighted by Gasteiger charge is 2.36. The molecular weight excluding hydrogens is 348 g/mol. The molecule has 2 aromatic rings. The van der Waals surface area contributed by atoms with E-state index in [1.165, 1.54) is 6.92 Å². The summed E-state index contributed by atoms with van der Waals surface area (Å²) in [7, 11) is 1.57. The van der Waals surface area contributed by atoms with Crippen LogP contribution in [0, 0.1) is 0 Å². The van der Waals surface area contributed by atoms with Crippen molar-refractivity contribution >= 4 is 12.0 Å². The minimum absolute atomic E-state index is 0.163. The summed E-state index contributed by atoms with van der Waals surface area (Å²) in [6.07, 6.45) is 4.07. The second-order valence-corrected chi connectivity index (χ2v) is 6.50. The minimum Gasteiger partial charge on any atom is -0.497 e. The number of carboxylic acid groups (broad SMARTS) is 1. The molecule has 8 heteroatoms. The van der Waals surface area contributed by atoms with Gasteiger partial charge in [-0.2, -0.15) is 0 Å². The van der Waals surface area contributed by atoms with Crippen molar-refractivity contribution in [1.82, 2.24) is 20.2 Å². The Morgan fingerprint density at radius 1 is 1.33 bits per heavy atom. The predicted molar refractivity (Wildman–Crippen MR) is 101 cm³/mol. The molecule has 0 fully saturated rings. The second-order valence-electron chi connectivity index (χ2n) is 6.50. The molecule has 0 radical (unpaired) electrons. The Hall–Kier alpha value is -3.03. The van der Waals surface area contributed by atoms with Crippen molar-refractivity contribution in [3.8, 4) is 5.75 Å². The zero-order valence-electron chi connectivity index (χ0n) is 15.9. The van der Waals surface area contributed by atoms with E-state index in [4.69, 9.17) is 4.74 Å². The number of carbonyl (C=O) groups is 2. The third-order valence-electron chi connectivity index (χ3n) is 4.45. The number of nitrogens with zero attached hydrogens (tertiary/aromatic N) is 2. The van der Waals surface area contributed by atoms with Crippen molar-refractivity contribution in [3.63, 3.8) is 0 Å². The molecule has 0 bridgehead atoms. The van der Waals surface area contributed by atoms with Crippen molar-refractivity contribution in [1.29, 1.82) is 0 Å². The fraction of sp³-hybridized carbons (Fsp3) is 0.421. The van der Waals surface area contributed by atoms with Gasteiger partial charge < -0.3 is 25.0 Å². The number of ether oxygens (including phenoxy) is 1. The van der Waals surface area contributed by atoms with Crippen molar-refractivity contribution in [2.75, 3.05) is 20.2 Å². The molecule has 146 valence electrons. The normalized spacial score (nSPS) is 12.9. The lowest BCUT2D eigenvalue weighted by atomic mass is 9.93. The molecule has 1 heterocycles. The lowest BCUT2D eigenvalue weighted by molar-refractivity contribution is -0.143. The fourth-order valence-electron chi connectivity index (χ4n) is 2.72. The van der Waals surface area contributed by atoms with Crippen molar-refractivity contribution in [3.05, 3.63) is 48.0 Å². The number of aromatic nitrogens is 2. The average Bonchev–Trinajstić information content (AvgIpc) is 3.16. The van der Waals surface area contributed by atoms with Gasteiger partial charge in [0.25, 0.3) is 0 Å². The van der Waals surface area contributed by atoms with E-state index in [0.29, 0.717) is 25.3 Å². The van der Waals surface area contributed by atoms with E-state index >= 15 is 0 Å². The lowest BCUT2D eigenvalue weighted by Gasteiger charge is -2.30. The number of methoxy groups -OCH3 is 1. The summed E-state index contributed by atoms with van der Waals surface area (Å²) in [6.45, 7) is 4.30. The third-order valence-corrected chi connectivity index (χ3v) is 4.45. The van der Waals surface area contributed by atoms with Crippen LogP contribution in [-0.4, -0.2) is 57.7 Å². The molecule has 0 aliphatic rings. The minimum atomic E-state index is -1.42. The Labute approximate surface area is 158 Å². The molecule has 1 aromatic heterocycles. The predicted octanol–water partition coefficient (Wildman–Crippen LogP) is 2.08. The largest absolute Gasteiger partial charge is 0.497 e. The maximum Gasteiger partial charge on any atom is 0.329 e. The van der Waals surface area contributed by atoms with Crippen LogP contribution in [0.5, 0.6) is 5.75 Å². The van der Waals surface area contributed by atoms with Crippen LogP contribution in [0.3, 0.4) is 0 Å². The molecule has 1 atom stereocenters. The molecular formula is C19H26N4O4. The first kappa shape index (κ1) is 20.3. The first-order chi connectivity index (χ1) is 12.9. The summed E-state index contributed by atoms with van der Waals surface area (Å²) in [4.78, 5) is 33.0. The summed E-state index contributed by atoms with van der Waals surface area (Å²) < 4.78 is 5.12. The van der Waals surface area contributed by atoms with Crippen LogP contribution < -0.4 is 10.1 Å². The number of carboxylic acids is 1. The molecule has 27 heavy (non-hydrogen) atoms. The Bertz CT molecular complexity index is 746. The number of aromatic amines is 1. The van der Waals surface area contributed by atoms with E-state index in [-0.39, 0.29) is 6.42 Å². The van der Waals surface area contributed by atoms with Crippen molar-refractivity contribution in [2.45, 2.75) is 32.2 Å². The Morgan fingerprint density at radius 2 is 2.04 bits per heavy atom. The van der Waals surface area contributed by atoms with Crippen LogP contribution >= 0.6 is 0 Å². The molecule has 3 N–H and O–H groups in total. The smallest absolute Gasteiger partial charge is 0.329 e. The zero-order valence-corrected chi connectivity index (χ0v) is 15.9. The van der Waals surface area contributed by atoms with E-state index in [0.717, 1.165) is 11.3 Å². The van der Waals surface area contributed by atoms with Crippen molar-refractivity contribution in [2.24, 2.45) is 0 Å². The number of nitrogens with one attached hydrogen (secondary N) is 2. The van der Waals surface area contributed by atoms with Crippen LogP contribution in [0.1, 0.15) is 25.1 Å². The van der Waals surface area contributed by atoms with Crippen LogP contribution in [0.15, 0.2) is 36.8 Å². The number of carbonyl (C=O) groups excluding carboxylic acids is 1. The van der Waals surface area contributed by atoms with Crippen molar-refractivity contribution < 1.29 is 19.4 Å². The number of likely N-dealkylation sites (N-methyl/N-ethyl adjacent to an activating group) is 1. The SMILES string of the molecule is CCN(CCc1cnc[nH]1)C(=O)N[C@@](C)(Cc1ccc(OC)cc1)C(=O)O. The van der Waals surface area contributed by atoms with Gasteiger partial charge in [-0.25, -0.2) is 14.6 Å². The second kappa shape index (κ2) is 9.07. The Balaban J connectivity index is 2.04. The molecule has 0 aliphatic heterocycles. The zero-order chi connectivity index (χ0) is 19.9. The number of imidazole rings is 1. The van der Waals surface area contributed by atoms with Gasteiger partial charge in [0.2, 0.25) is 0 Å². The summed E-state index contributed by atoms with van der Waals surface area (Å²) in [5, 5.41) is 12.4.